The number of anilines is 2. The molecule has 1 aromatic heterocycles. The van der Waals surface area contributed by atoms with Crippen LogP contribution in [0, 0.1) is 0 Å². The van der Waals surface area contributed by atoms with Crippen molar-refractivity contribution in [1.29, 1.82) is 0 Å². The van der Waals surface area contributed by atoms with Gasteiger partial charge in [-0.3, -0.25) is 0 Å². The van der Waals surface area contributed by atoms with Crippen LogP contribution in [0.5, 0.6) is 5.75 Å². The molecule has 1 aliphatic rings. The molecular formula is C23H25N6O2+. The molecule has 0 aliphatic heterocycles. The number of urea groups is 1. The van der Waals surface area contributed by atoms with E-state index in [0.717, 1.165) is 35.3 Å². The molecule has 0 saturated heterocycles. The number of hydrogen-bond donors (Lipinski definition) is 4. The van der Waals surface area contributed by atoms with Crippen LogP contribution in [-0.4, -0.2) is 25.1 Å². The molecule has 31 heavy (non-hydrogen) atoms. The Labute approximate surface area is 180 Å². The molecule has 0 radical (unpaired) electrons. The van der Waals surface area contributed by atoms with E-state index in [1.54, 1.807) is 7.11 Å². The number of amides is 2. The zero-order valence-corrected chi connectivity index (χ0v) is 17.2. The van der Waals surface area contributed by atoms with E-state index in [0.29, 0.717) is 17.6 Å². The van der Waals surface area contributed by atoms with Gasteiger partial charge in [-0.25, -0.2) is 9.78 Å². The molecule has 3 aromatic rings. The van der Waals surface area contributed by atoms with Gasteiger partial charge in [-0.1, -0.05) is 24.3 Å². The first kappa shape index (κ1) is 20.2. The normalized spacial score (nSPS) is 13.4. The Hall–Kier alpha value is -4.07. The van der Waals surface area contributed by atoms with E-state index in [1.807, 2.05) is 66.9 Å². The van der Waals surface area contributed by atoms with Gasteiger partial charge < -0.3 is 26.4 Å². The summed E-state index contributed by atoms with van der Waals surface area (Å²) in [5.41, 5.74) is 9.43. The molecule has 0 unspecified atom stereocenters. The second-order valence-electron chi connectivity index (χ2n) is 7.24. The lowest BCUT2D eigenvalue weighted by Crippen LogP contribution is -2.30. The fourth-order valence-electron chi connectivity index (χ4n) is 3.07. The largest absolute Gasteiger partial charge is 0.495 e. The number of nitrogens with one attached hydrogen (secondary N) is 4. The van der Waals surface area contributed by atoms with Crippen LogP contribution in [-0.2, 0) is 0 Å². The maximum atomic E-state index is 12.0. The summed E-state index contributed by atoms with van der Waals surface area (Å²) in [4.78, 5) is 19.5. The lowest BCUT2D eigenvalue weighted by atomic mass is 10.1. The first-order chi connectivity index (χ1) is 15.1. The fraction of sp³-hybridized carbons (Fsp3) is 0.174. The van der Waals surface area contributed by atoms with Crippen molar-refractivity contribution in [3.05, 3.63) is 66.9 Å². The van der Waals surface area contributed by atoms with E-state index in [9.17, 15) is 4.79 Å². The average molecular weight is 417 g/mol. The Kier molecular flexibility index (Phi) is 5.98. The summed E-state index contributed by atoms with van der Waals surface area (Å²) in [5.74, 6) is 1.52. The van der Waals surface area contributed by atoms with E-state index in [4.69, 9.17) is 10.5 Å². The zero-order valence-electron chi connectivity index (χ0n) is 17.2. The van der Waals surface area contributed by atoms with Gasteiger partial charge in [0.05, 0.1) is 19.0 Å². The fourth-order valence-corrected chi connectivity index (χ4v) is 3.07. The SMILES string of the molecule is COc1ccccc1NC(N)=Nc1ccc(-c2cccc(NC(=O)NC3CC3)c2)c[nH+]1. The summed E-state index contributed by atoms with van der Waals surface area (Å²) in [6, 6.07) is 19.1. The molecule has 1 fully saturated rings. The predicted octanol–water partition coefficient (Wildman–Crippen LogP) is 3.52. The molecule has 0 spiro atoms. The van der Waals surface area contributed by atoms with Crippen LogP contribution >= 0.6 is 0 Å². The number of hydrogen-bond acceptors (Lipinski definition) is 3. The molecule has 4 rings (SSSR count). The minimum atomic E-state index is -0.172. The van der Waals surface area contributed by atoms with Crippen molar-refractivity contribution < 1.29 is 14.5 Å². The molecule has 2 amide bonds. The number of benzene rings is 2. The third-order valence-electron chi connectivity index (χ3n) is 4.77. The highest BCUT2D eigenvalue weighted by Gasteiger charge is 2.23. The summed E-state index contributed by atoms with van der Waals surface area (Å²) in [7, 11) is 1.60. The molecule has 8 heteroatoms. The van der Waals surface area contributed by atoms with Gasteiger partial charge in [-0.2, -0.15) is 0 Å². The van der Waals surface area contributed by atoms with Gasteiger partial charge in [0.1, 0.15) is 5.75 Å². The number of aromatic nitrogens is 1. The highest BCUT2D eigenvalue weighted by atomic mass is 16.5. The number of para-hydroxylation sites is 2. The van der Waals surface area contributed by atoms with Crippen LogP contribution in [0.1, 0.15) is 12.8 Å². The van der Waals surface area contributed by atoms with Crippen molar-refractivity contribution in [2.75, 3.05) is 17.7 Å². The van der Waals surface area contributed by atoms with Crippen molar-refractivity contribution in [2.45, 2.75) is 18.9 Å². The minimum absolute atomic E-state index is 0.172. The number of methoxy groups -OCH3 is 1. The van der Waals surface area contributed by atoms with Crippen molar-refractivity contribution >= 4 is 29.2 Å². The van der Waals surface area contributed by atoms with Crippen molar-refractivity contribution in [1.82, 2.24) is 5.32 Å². The molecule has 8 nitrogen and oxygen atoms in total. The van der Waals surface area contributed by atoms with Crippen LogP contribution in [0.15, 0.2) is 71.9 Å². The molecule has 0 atom stereocenters. The molecule has 2 aromatic carbocycles. The quantitative estimate of drug-likeness (QED) is 0.363. The number of pyridine rings is 1. The lowest BCUT2D eigenvalue weighted by Gasteiger charge is -2.08. The maximum absolute atomic E-state index is 12.0. The molecule has 158 valence electrons. The Morgan fingerprint density at radius 3 is 2.65 bits per heavy atom. The number of nitrogens with two attached hydrogens (primary N) is 1. The first-order valence-electron chi connectivity index (χ1n) is 10.0. The van der Waals surface area contributed by atoms with Gasteiger partial charge in [-0.05, 0) is 53.7 Å². The molecule has 0 bridgehead atoms. The number of guanidine groups is 1. The first-order valence-corrected chi connectivity index (χ1v) is 10.0. The number of aromatic amines is 1. The number of aliphatic imine (C=N–C) groups is 1. The lowest BCUT2D eigenvalue weighted by molar-refractivity contribution is -0.361. The number of carbonyl (C=O) groups is 1. The topological polar surface area (TPSA) is 115 Å². The highest BCUT2D eigenvalue weighted by Crippen LogP contribution is 2.24. The molecule has 1 aliphatic carbocycles. The number of nitrogens with zero attached hydrogens (tertiary/aromatic N) is 1. The average Bonchev–Trinajstić information content (AvgIpc) is 3.58. The van der Waals surface area contributed by atoms with E-state index >= 15 is 0 Å². The molecule has 6 N–H and O–H groups in total. The Morgan fingerprint density at radius 1 is 1.06 bits per heavy atom. The van der Waals surface area contributed by atoms with Gasteiger partial charge in [0.15, 0.2) is 0 Å². The number of carbonyl (C=O) groups excluding carboxylic acids is 1. The van der Waals surface area contributed by atoms with E-state index in [-0.39, 0.29) is 12.0 Å². The van der Waals surface area contributed by atoms with Crippen LogP contribution < -0.4 is 31.4 Å². The standard InChI is InChI=1S/C23H24N6O2/c1-31-20-8-3-2-7-19(20)28-22(24)29-21-12-9-16(14-25-21)15-5-4-6-18(13-15)27-23(30)26-17-10-11-17/h2-9,12-14,17H,10-11H2,1H3,(H2,26,27,30)(H3,24,25,28,29)/p+1. The van der Waals surface area contributed by atoms with Gasteiger partial charge in [0.2, 0.25) is 0 Å². The van der Waals surface area contributed by atoms with Crippen molar-refractivity contribution in [2.24, 2.45) is 10.7 Å². The van der Waals surface area contributed by atoms with Crippen molar-refractivity contribution in [3.63, 3.8) is 0 Å². The number of ether oxygens (including phenoxy) is 1. The number of H-pyrrole nitrogens is 1. The summed E-state index contributed by atoms with van der Waals surface area (Å²) in [6.07, 6.45) is 3.95. The third-order valence-corrected chi connectivity index (χ3v) is 4.77. The van der Waals surface area contributed by atoms with Crippen LogP contribution in [0.25, 0.3) is 11.1 Å². The minimum Gasteiger partial charge on any atom is -0.495 e. The molecule has 1 saturated carbocycles. The monoisotopic (exact) mass is 417 g/mol. The van der Waals surface area contributed by atoms with Gasteiger partial charge >= 0.3 is 17.8 Å². The van der Waals surface area contributed by atoms with Gasteiger partial charge in [0.25, 0.3) is 0 Å². The maximum Gasteiger partial charge on any atom is 0.325 e. The van der Waals surface area contributed by atoms with Crippen molar-refractivity contribution in [3.8, 4) is 16.9 Å². The Balaban J connectivity index is 1.43. The zero-order chi connectivity index (χ0) is 21.6. The van der Waals surface area contributed by atoms with E-state index in [2.05, 4.69) is 25.9 Å². The summed E-state index contributed by atoms with van der Waals surface area (Å²) < 4.78 is 5.31. The highest BCUT2D eigenvalue weighted by molar-refractivity contribution is 5.95. The Morgan fingerprint density at radius 2 is 1.90 bits per heavy atom. The summed E-state index contributed by atoms with van der Waals surface area (Å²) >= 11 is 0. The van der Waals surface area contributed by atoms with Crippen LogP contribution in [0.2, 0.25) is 0 Å². The second-order valence-corrected chi connectivity index (χ2v) is 7.24. The van der Waals surface area contributed by atoms with Gasteiger partial charge in [-0.15, -0.1) is 0 Å². The predicted molar refractivity (Wildman–Crippen MR) is 122 cm³/mol. The summed E-state index contributed by atoms with van der Waals surface area (Å²) in [5, 5.41) is 8.83. The van der Waals surface area contributed by atoms with Gasteiger partial charge in [0, 0.05) is 23.4 Å². The second kappa shape index (κ2) is 9.17. The van der Waals surface area contributed by atoms with Crippen LogP contribution in [0.4, 0.5) is 22.0 Å². The third kappa shape index (κ3) is 5.51. The van der Waals surface area contributed by atoms with Crippen LogP contribution in [0.3, 0.4) is 0 Å². The molecule has 1 heterocycles. The summed E-state index contributed by atoms with van der Waals surface area (Å²) in [6.45, 7) is 0. The smallest absolute Gasteiger partial charge is 0.325 e. The number of rotatable bonds is 6. The van der Waals surface area contributed by atoms with E-state index < -0.39 is 0 Å². The van der Waals surface area contributed by atoms with E-state index in [1.165, 1.54) is 0 Å². The molecular weight excluding hydrogens is 392 g/mol. The Bertz CT molecular complexity index is 1090.